The van der Waals surface area contributed by atoms with Crippen molar-refractivity contribution < 1.29 is 9.53 Å². The summed E-state index contributed by atoms with van der Waals surface area (Å²) in [6.07, 6.45) is 6.07. The fraction of sp³-hybridized carbons (Fsp3) is 0.367. The zero-order valence-corrected chi connectivity index (χ0v) is 22.6. The number of halogens is 1. The number of anilines is 3. The highest BCUT2D eigenvalue weighted by atomic mass is 35.5. The topological polar surface area (TPSA) is 87.8 Å². The molecule has 2 bridgehead atoms. The third-order valence-corrected chi connectivity index (χ3v) is 8.19. The number of carbonyl (C=O) groups is 1. The van der Waals surface area contributed by atoms with Crippen LogP contribution in [0.15, 0.2) is 66.2 Å². The monoisotopic (exact) mass is 544 g/mol. The fourth-order valence-electron chi connectivity index (χ4n) is 6.09. The smallest absolute Gasteiger partial charge is 0.410 e. The summed E-state index contributed by atoms with van der Waals surface area (Å²) in [4.78, 5) is 19.2. The summed E-state index contributed by atoms with van der Waals surface area (Å²) >= 11 is 6.11. The molecule has 9 heteroatoms. The summed E-state index contributed by atoms with van der Waals surface area (Å²) in [7, 11) is 0. The van der Waals surface area contributed by atoms with Crippen LogP contribution < -0.4 is 15.5 Å². The maximum absolute atomic E-state index is 12.5. The van der Waals surface area contributed by atoms with Crippen molar-refractivity contribution in [2.24, 2.45) is 0 Å². The lowest BCUT2D eigenvalue weighted by Gasteiger charge is -2.43. The van der Waals surface area contributed by atoms with E-state index in [1.807, 2.05) is 41.3 Å². The first-order chi connectivity index (χ1) is 19.0. The number of likely N-dealkylation sites (tertiary alicyclic amines) is 1. The van der Waals surface area contributed by atoms with Gasteiger partial charge < -0.3 is 25.2 Å². The van der Waals surface area contributed by atoms with Crippen molar-refractivity contribution in [1.82, 2.24) is 15.1 Å². The van der Waals surface area contributed by atoms with Crippen molar-refractivity contribution in [2.45, 2.75) is 44.4 Å². The van der Waals surface area contributed by atoms with Gasteiger partial charge in [-0.2, -0.15) is 0 Å². The highest BCUT2D eigenvalue weighted by molar-refractivity contribution is 6.29. The number of amides is 1. The average Bonchev–Trinajstić information content (AvgIpc) is 3.23. The highest BCUT2D eigenvalue weighted by Crippen LogP contribution is 2.38. The second kappa shape index (κ2) is 11.1. The third kappa shape index (κ3) is 5.66. The number of fused-ring (bicyclic) bond motifs is 2. The Morgan fingerprint density at radius 1 is 1.00 bits per heavy atom. The Labute approximate surface area is 234 Å². The Hall–Kier alpha value is -3.78. The summed E-state index contributed by atoms with van der Waals surface area (Å²) in [5.74, 6) is 0.427. The first-order valence-electron chi connectivity index (χ1n) is 13.6. The molecule has 3 aliphatic heterocycles. The summed E-state index contributed by atoms with van der Waals surface area (Å²) in [5.41, 5.74) is 11.8. The molecule has 3 fully saturated rings. The number of ether oxygens (including phenoxy) is 1. The van der Waals surface area contributed by atoms with Crippen LogP contribution in [0.5, 0.6) is 0 Å². The summed E-state index contributed by atoms with van der Waals surface area (Å²) in [6, 6.07) is 21.3. The van der Waals surface area contributed by atoms with Gasteiger partial charge in [-0.05, 0) is 48.9 Å². The number of rotatable bonds is 5. The van der Waals surface area contributed by atoms with Gasteiger partial charge in [0, 0.05) is 50.0 Å². The van der Waals surface area contributed by atoms with E-state index < -0.39 is 0 Å². The normalized spacial score (nSPS) is 20.7. The van der Waals surface area contributed by atoms with Gasteiger partial charge in [-0.15, -0.1) is 10.2 Å². The second-order valence-corrected chi connectivity index (χ2v) is 10.9. The Morgan fingerprint density at radius 2 is 1.74 bits per heavy atom. The van der Waals surface area contributed by atoms with E-state index in [1.165, 1.54) is 16.8 Å². The van der Waals surface area contributed by atoms with Crippen LogP contribution in [0.3, 0.4) is 0 Å². The number of nitrogen functional groups attached to an aromatic ring is 1. The lowest BCUT2D eigenvalue weighted by Crippen LogP contribution is -2.54. The van der Waals surface area contributed by atoms with Gasteiger partial charge in [-0.25, -0.2) is 4.79 Å². The minimum atomic E-state index is -0.235. The molecule has 2 atom stereocenters. The molecule has 0 spiro atoms. The van der Waals surface area contributed by atoms with Gasteiger partial charge in [0.25, 0.3) is 0 Å². The van der Waals surface area contributed by atoms with Gasteiger partial charge in [0.2, 0.25) is 0 Å². The molecule has 202 valence electrons. The first-order valence-corrected chi connectivity index (χ1v) is 14.0. The van der Waals surface area contributed by atoms with E-state index in [4.69, 9.17) is 22.1 Å². The molecule has 0 radical (unpaired) electrons. The van der Waals surface area contributed by atoms with E-state index >= 15 is 0 Å². The Morgan fingerprint density at radius 3 is 2.49 bits per heavy atom. The van der Waals surface area contributed by atoms with Crippen molar-refractivity contribution in [3.8, 4) is 0 Å². The molecule has 8 nitrogen and oxygen atoms in total. The lowest BCUT2D eigenvalue weighted by molar-refractivity contribution is 0.0936. The first kappa shape index (κ1) is 25.5. The molecule has 3 aromatic rings. The molecule has 1 amide bonds. The van der Waals surface area contributed by atoms with Crippen molar-refractivity contribution in [2.75, 3.05) is 41.7 Å². The number of benzene rings is 2. The van der Waals surface area contributed by atoms with E-state index in [0.717, 1.165) is 50.0 Å². The van der Waals surface area contributed by atoms with Crippen LogP contribution in [0.4, 0.5) is 22.0 Å². The largest absolute Gasteiger partial charge is 0.445 e. The molecule has 2 unspecified atom stereocenters. The Balaban J connectivity index is 1.07. The van der Waals surface area contributed by atoms with Crippen LogP contribution in [0.2, 0.25) is 5.15 Å². The summed E-state index contributed by atoms with van der Waals surface area (Å²) in [5, 5.41) is 8.24. The van der Waals surface area contributed by atoms with E-state index in [2.05, 4.69) is 50.3 Å². The van der Waals surface area contributed by atoms with Gasteiger partial charge in [-0.1, -0.05) is 65.7 Å². The lowest BCUT2D eigenvalue weighted by atomic mass is 10.0. The maximum Gasteiger partial charge on any atom is 0.410 e. The predicted octanol–water partition coefficient (Wildman–Crippen LogP) is 5.39. The zero-order chi connectivity index (χ0) is 26.8. The number of hydrogen-bond donors (Lipinski definition) is 1. The Bertz CT molecular complexity index is 1340. The molecule has 39 heavy (non-hydrogen) atoms. The van der Waals surface area contributed by atoms with Crippen LogP contribution in [0.25, 0.3) is 6.08 Å². The summed E-state index contributed by atoms with van der Waals surface area (Å²) in [6.45, 7) is 3.43. The number of carbonyl (C=O) groups excluding carboxylic acids is 1. The highest BCUT2D eigenvalue weighted by Gasteiger charge is 2.40. The van der Waals surface area contributed by atoms with Crippen molar-refractivity contribution in [3.63, 3.8) is 0 Å². The van der Waals surface area contributed by atoms with E-state index in [0.29, 0.717) is 42.8 Å². The van der Waals surface area contributed by atoms with Crippen LogP contribution in [-0.2, 0) is 11.3 Å². The fourth-order valence-corrected chi connectivity index (χ4v) is 6.23. The number of nitrogens with zero attached hydrogens (tertiary/aromatic N) is 5. The number of piperidine rings is 1. The maximum atomic E-state index is 12.5. The number of hydrogen-bond acceptors (Lipinski definition) is 7. The minimum absolute atomic E-state index is 0.235. The van der Waals surface area contributed by atoms with E-state index in [1.54, 1.807) is 0 Å². The number of nitrogens with two attached hydrogens (primary N) is 1. The SMILES string of the molecule is Nc1nnc(Cl)cc1N1CC2CCC(C1)N2c1cccc(C=C2CCN(C(=O)OCc3ccccc3)CC2)c1. The average molecular weight is 545 g/mol. The van der Waals surface area contributed by atoms with Crippen LogP contribution >= 0.6 is 11.6 Å². The number of aromatic nitrogens is 2. The molecule has 2 aromatic carbocycles. The molecule has 6 rings (SSSR count). The van der Waals surface area contributed by atoms with Crippen molar-refractivity contribution >= 4 is 41.0 Å². The van der Waals surface area contributed by atoms with Gasteiger partial charge in [0.05, 0.1) is 5.69 Å². The van der Waals surface area contributed by atoms with Crippen LogP contribution in [0.1, 0.15) is 36.8 Å². The van der Waals surface area contributed by atoms with Gasteiger partial charge >= 0.3 is 6.09 Å². The standard InChI is InChI=1S/C30H33ClN6O2/c31-28-17-27(29(32)34-33-28)36-18-25-9-10-26(19-36)37(25)24-8-4-7-23(16-24)15-21-11-13-35(14-12-21)30(38)39-20-22-5-2-1-3-6-22/h1-8,15-17,25-26H,9-14,18-20H2,(H2,32,34). The molecular formula is C30H33ClN6O2. The van der Waals surface area contributed by atoms with Crippen LogP contribution in [0, 0.1) is 0 Å². The number of piperazine rings is 1. The van der Waals surface area contributed by atoms with Gasteiger partial charge in [0.1, 0.15) is 6.61 Å². The third-order valence-electron chi connectivity index (χ3n) is 8.00. The zero-order valence-electron chi connectivity index (χ0n) is 21.9. The quantitative estimate of drug-likeness (QED) is 0.461. The van der Waals surface area contributed by atoms with Crippen molar-refractivity contribution in [3.05, 3.63) is 82.5 Å². The van der Waals surface area contributed by atoms with E-state index in [9.17, 15) is 4.79 Å². The minimum Gasteiger partial charge on any atom is -0.445 e. The second-order valence-electron chi connectivity index (χ2n) is 10.6. The van der Waals surface area contributed by atoms with E-state index in [-0.39, 0.29) is 6.09 Å². The molecule has 4 heterocycles. The molecular weight excluding hydrogens is 512 g/mol. The molecule has 3 aliphatic rings. The summed E-state index contributed by atoms with van der Waals surface area (Å²) < 4.78 is 5.52. The van der Waals surface area contributed by atoms with Gasteiger partial charge in [-0.3, -0.25) is 0 Å². The molecule has 1 aromatic heterocycles. The molecule has 0 aliphatic carbocycles. The van der Waals surface area contributed by atoms with Crippen LogP contribution in [-0.4, -0.2) is 59.5 Å². The molecule has 3 saturated heterocycles. The molecule has 2 N–H and O–H groups in total. The Kier molecular flexibility index (Phi) is 7.28. The predicted molar refractivity (Wildman–Crippen MR) is 155 cm³/mol. The van der Waals surface area contributed by atoms with Gasteiger partial charge in [0.15, 0.2) is 11.0 Å². The molecule has 0 saturated carbocycles. The van der Waals surface area contributed by atoms with Crippen molar-refractivity contribution in [1.29, 1.82) is 0 Å².